The van der Waals surface area contributed by atoms with Crippen LogP contribution in [0.5, 0.6) is 0 Å². The molecule has 0 saturated carbocycles. The van der Waals surface area contributed by atoms with Crippen molar-refractivity contribution < 1.29 is 14.3 Å². The normalized spacial score (nSPS) is 11.5. The molecule has 0 unspecified atom stereocenters. The molecule has 0 aliphatic carbocycles. The molecule has 1 aromatic heterocycles. The number of hydrogen-bond donors (Lipinski definition) is 1. The van der Waals surface area contributed by atoms with Gasteiger partial charge in [-0.15, -0.1) is 0 Å². The van der Waals surface area contributed by atoms with Gasteiger partial charge in [-0.05, 0) is 27.5 Å². The summed E-state index contributed by atoms with van der Waals surface area (Å²) in [5, 5.41) is 0. The van der Waals surface area contributed by atoms with Crippen LogP contribution in [0.1, 0.15) is 21.7 Å². The minimum atomic E-state index is -1.13. The highest BCUT2D eigenvalue weighted by Crippen LogP contribution is 2.15. The number of aromatic amines is 1. The molecular weight excluding hydrogens is 388 g/mol. The Morgan fingerprint density at radius 2 is 1.92 bits per heavy atom. The number of ether oxygens (including phenoxy) is 2. The summed E-state index contributed by atoms with van der Waals surface area (Å²) in [6.07, 6.45) is 0. The van der Waals surface area contributed by atoms with Gasteiger partial charge in [0.1, 0.15) is 6.61 Å². The lowest BCUT2D eigenvalue weighted by Gasteiger charge is -2.15. The fourth-order valence-electron chi connectivity index (χ4n) is 1.99. The molecule has 1 heterocycles. The summed E-state index contributed by atoms with van der Waals surface area (Å²) in [5.41, 5.74) is 1.84. The molecule has 5 nitrogen and oxygen atoms in total. The van der Waals surface area contributed by atoms with E-state index in [-0.39, 0.29) is 12.3 Å². The van der Waals surface area contributed by atoms with E-state index in [0.29, 0.717) is 23.6 Å². The van der Waals surface area contributed by atoms with Crippen molar-refractivity contribution in [2.45, 2.75) is 38.9 Å². The summed E-state index contributed by atoms with van der Waals surface area (Å²) < 4.78 is 11.5. The Morgan fingerprint density at radius 3 is 2.58 bits per heavy atom. The van der Waals surface area contributed by atoms with E-state index in [0.717, 1.165) is 11.6 Å². The minimum absolute atomic E-state index is 0.222. The Kier molecular flexibility index (Phi) is 6.76. The first-order valence-electron chi connectivity index (χ1n) is 7.88. The molecule has 24 heavy (non-hydrogen) atoms. The van der Waals surface area contributed by atoms with Crippen LogP contribution in [0.15, 0.2) is 35.1 Å². The zero-order valence-corrected chi connectivity index (χ0v) is 16.9. The lowest BCUT2D eigenvalue weighted by Crippen LogP contribution is -2.21. The van der Waals surface area contributed by atoms with Gasteiger partial charge in [0.05, 0.1) is 12.3 Å². The predicted octanol–water partition coefficient (Wildman–Crippen LogP) is 4.38. The second kappa shape index (κ2) is 8.59. The van der Waals surface area contributed by atoms with Crippen molar-refractivity contribution >= 4 is 30.0 Å². The van der Waals surface area contributed by atoms with E-state index in [9.17, 15) is 4.79 Å². The van der Waals surface area contributed by atoms with E-state index < -0.39 is 14.0 Å². The number of nitrogens with one attached hydrogen (secondary N) is 1. The van der Waals surface area contributed by atoms with Crippen LogP contribution in [0.25, 0.3) is 0 Å². The van der Waals surface area contributed by atoms with E-state index >= 15 is 0 Å². The van der Waals surface area contributed by atoms with Gasteiger partial charge in [-0.3, -0.25) is 0 Å². The van der Waals surface area contributed by atoms with Crippen LogP contribution in [0.4, 0.5) is 0 Å². The second-order valence-corrected chi connectivity index (χ2v) is 13.2. The van der Waals surface area contributed by atoms with Crippen molar-refractivity contribution in [3.63, 3.8) is 0 Å². The number of aromatic nitrogens is 2. The first kappa shape index (κ1) is 18.9. The lowest BCUT2D eigenvalue weighted by molar-refractivity contribution is 0.0459. The number of hydrogen-bond acceptors (Lipinski definition) is 4. The number of imidazole rings is 1. The second-order valence-electron chi connectivity index (χ2n) is 6.78. The molecule has 2 rings (SSSR count). The summed E-state index contributed by atoms with van der Waals surface area (Å²) in [7, 11) is -1.13. The number of rotatable bonds is 8. The Labute approximate surface area is 151 Å². The highest BCUT2D eigenvalue weighted by atomic mass is 79.9. The van der Waals surface area contributed by atoms with Gasteiger partial charge in [0.2, 0.25) is 0 Å². The van der Waals surface area contributed by atoms with Crippen LogP contribution in [0.2, 0.25) is 25.7 Å². The first-order valence-corrected chi connectivity index (χ1v) is 12.4. The predicted molar refractivity (Wildman–Crippen MR) is 99.7 cm³/mol. The fourth-order valence-corrected chi connectivity index (χ4v) is 3.17. The maximum absolute atomic E-state index is 12.3. The zero-order chi connectivity index (χ0) is 17.6. The number of carbonyl (C=O) groups is 1. The van der Waals surface area contributed by atoms with Crippen molar-refractivity contribution in [3.05, 3.63) is 52.0 Å². The van der Waals surface area contributed by atoms with E-state index in [2.05, 4.69) is 45.5 Å². The van der Waals surface area contributed by atoms with Gasteiger partial charge in [-0.1, -0.05) is 50.0 Å². The first-order chi connectivity index (χ1) is 11.3. The van der Waals surface area contributed by atoms with Gasteiger partial charge in [0.15, 0.2) is 10.4 Å². The van der Waals surface area contributed by atoms with E-state index in [1.807, 2.05) is 30.3 Å². The summed E-state index contributed by atoms with van der Waals surface area (Å²) in [6.45, 7) is 8.13. The van der Waals surface area contributed by atoms with Crippen LogP contribution in [0, 0.1) is 0 Å². The smallest absolute Gasteiger partial charge is 0.359 e. The molecular formula is C17H23BrN2O3Si. The molecule has 7 heteroatoms. The number of benzene rings is 1. The molecule has 0 amide bonds. The number of H-pyrrole nitrogens is 1. The Balaban J connectivity index is 1.91. The van der Waals surface area contributed by atoms with Crippen molar-refractivity contribution in [2.24, 2.45) is 0 Å². The molecule has 1 N–H and O–H groups in total. The van der Waals surface area contributed by atoms with Gasteiger partial charge in [0, 0.05) is 14.7 Å². The third-order valence-corrected chi connectivity index (χ3v) is 5.48. The van der Waals surface area contributed by atoms with Gasteiger partial charge in [-0.25, -0.2) is 9.78 Å². The minimum Gasteiger partial charge on any atom is -0.456 e. The third kappa shape index (κ3) is 6.22. The Bertz CT molecular complexity index is 668. The largest absolute Gasteiger partial charge is 0.456 e. The molecule has 0 saturated heterocycles. The van der Waals surface area contributed by atoms with Crippen LogP contribution < -0.4 is 0 Å². The van der Waals surface area contributed by atoms with Crippen molar-refractivity contribution in [1.29, 1.82) is 0 Å². The van der Waals surface area contributed by atoms with Crippen molar-refractivity contribution in [1.82, 2.24) is 9.97 Å². The topological polar surface area (TPSA) is 64.2 Å². The number of halogens is 1. The number of esters is 1. The molecule has 0 bridgehead atoms. The van der Waals surface area contributed by atoms with Crippen LogP contribution in [0.3, 0.4) is 0 Å². The highest BCUT2D eigenvalue weighted by Gasteiger charge is 2.19. The van der Waals surface area contributed by atoms with Crippen LogP contribution in [-0.2, 0) is 22.7 Å². The molecule has 0 aliphatic heterocycles. The average Bonchev–Trinajstić information content (AvgIpc) is 2.90. The van der Waals surface area contributed by atoms with Crippen LogP contribution >= 0.6 is 15.9 Å². The van der Waals surface area contributed by atoms with Gasteiger partial charge < -0.3 is 14.5 Å². The summed E-state index contributed by atoms with van der Waals surface area (Å²) in [6, 6.07) is 10.6. The van der Waals surface area contributed by atoms with Crippen molar-refractivity contribution in [2.75, 3.05) is 6.61 Å². The number of carbonyl (C=O) groups excluding carboxylic acids is 1. The quantitative estimate of drug-likeness (QED) is 0.398. The van der Waals surface area contributed by atoms with E-state index in [1.165, 1.54) is 0 Å². The summed E-state index contributed by atoms with van der Waals surface area (Å²) >= 11 is 3.26. The highest BCUT2D eigenvalue weighted by molar-refractivity contribution is 9.10. The molecule has 0 spiro atoms. The maximum Gasteiger partial charge on any atom is 0.359 e. The van der Waals surface area contributed by atoms with Gasteiger partial charge in [-0.2, -0.15) is 0 Å². The third-order valence-electron chi connectivity index (χ3n) is 3.40. The summed E-state index contributed by atoms with van der Waals surface area (Å²) in [4.78, 5) is 19.4. The average molecular weight is 411 g/mol. The Morgan fingerprint density at radius 1 is 1.21 bits per heavy atom. The van der Waals surface area contributed by atoms with E-state index in [1.54, 1.807) is 0 Å². The maximum atomic E-state index is 12.3. The Hall–Kier alpha value is -1.44. The molecule has 0 aliphatic rings. The molecule has 0 radical (unpaired) electrons. The van der Waals surface area contributed by atoms with Crippen LogP contribution in [-0.4, -0.2) is 30.6 Å². The standard InChI is InChI=1S/C17H23BrN2O3Si/c1-24(2,3)10-9-22-12-14-15(20-17(18)19-14)16(21)23-11-13-7-5-4-6-8-13/h4-8H,9-12H2,1-3H3,(H,19,20). The monoisotopic (exact) mass is 410 g/mol. The van der Waals surface area contributed by atoms with Gasteiger partial charge in [0.25, 0.3) is 0 Å². The van der Waals surface area contributed by atoms with E-state index in [4.69, 9.17) is 9.47 Å². The molecule has 130 valence electrons. The number of nitrogens with zero attached hydrogens (tertiary/aromatic N) is 1. The summed E-state index contributed by atoms with van der Waals surface area (Å²) in [5.74, 6) is -0.454. The fraction of sp³-hybridized carbons (Fsp3) is 0.412. The lowest BCUT2D eigenvalue weighted by atomic mass is 10.2. The van der Waals surface area contributed by atoms with Gasteiger partial charge >= 0.3 is 5.97 Å². The van der Waals surface area contributed by atoms with Crippen molar-refractivity contribution in [3.8, 4) is 0 Å². The molecule has 0 atom stereocenters. The molecule has 2 aromatic rings. The SMILES string of the molecule is C[Si](C)(C)CCOCc1[nH]c(Br)nc1C(=O)OCc1ccccc1. The zero-order valence-electron chi connectivity index (χ0n) is 14.3. The molecule has 1 aromatic carbocycles. The molecule has 0 fully saturated rings.